The van der Waals surface area contributed by atoms with Gasteiger partial charge in [0, 0.05) is 6.54 Å². The van der Waals surface area contributed by atoms with Crippen LogP contribution < -0.4 is 5.32 Å². The van der Waals surface area contributed by atoms with Crippen molar-refractivity contribution in [2.75, 3.05) is 0 Å². The third kappa shape index (κ3) is 2.91. The Balaban J connectivity index is 2.30. The van der Waals surface area contributed by atoms with Crippen molar-refractivity contribution in [3.63, 3.8) is 0 Å². The van der Waals surface area contributed by atoms with Crippen LogP contribution in [0.2, 0.25) is 0 Å². The first-order valence-corrected chi connectivity index (χ1v) is 7.40. The number of hydrogen-bond acceptors (Lipinski definition) is 4. The Hall–Kier alpha value is -1.92. The molecule has 1 saturated heterocycles. The summed E-state index contributed by atoms with van der Waals surface area (Å²) in [5.74, 6) is 0.535. The molecule has 1 aromatic rings. The zero-order valence-corrected chi connectivity index (χ0v) is 13.1. The minimum atomic E-state index is -0.877. The maximum atomic E-state index is 12.7. The van der Waals surface area contributed by atoms with Gasteiger partial charge in [0.2, 0.25) is 11.8 Å². The molecule has 1 N–H and O–H groups in total. The lowest BCUT2D eigenvalue weighted by Crippen LogP contribution is -2.67. The van der Waals surface area contributed by atoms with Crippen LogP contribution in [0.5, 0.6) is 0 Å². The van der Waals surface area contributed by atoms with Crippen molar-refractivity contribution in [1.82, 2.24) is 25.0 Å². The Morgan fingerprint density at radius 2 is 2.05 bits per heavy atom. The highest BCUT2D eigenvalue weighted by molar-refractivity contribution is 5.99. The van der Waals surface area contributed by atoms with Crippen LogP contribution in [0.15, 0.2) is 6.33 Å². The number of nitrogens with one attached hydrogen (secondary N) is 1. The summed E-state index contributed by atoms with van der Waals surface area (Å²) in [5, 5.41) is 6.92. The van der Waals surface area contributed by atoms with Crippen molar-refractivity contribution in [2.45, 2.75) is 65.2 Å². The molecule has 0 bridgehead atoms. The summed E-state index contributed by atoms with van der Waals surface area (Å²) < 4.78 is 1.75. The molecule has 2 rings (SSSR count). The summed E-state index contributed by atoms with van der Waals surface area (Å²) in [4.78, 5) is 30.8. The molecule has 1 aliphatic rings. The van der Waals surface area contributed by atoms with Gasteiger partial charge in [0.15, 0.2) is 0 Å². The fourth-order valence-corrected chi connectivity index (χ4v) is 2.66. The zero-order valence-electron chi connectivity index (χ0n) is 13.1. The first-order valence-electron chi connectivity index (χ1n) is 7.40. The van der Waals surface area contributed by atoms with E-state index in [2.05, 4.69) is 15.4 Å². The number of rotatable bonds is 5. The number of carbonyl (C=O) groups is 2. The van der Waals surface area contributed by atoms with Gasteiger partial charge in [-0.15, -0.1) is 0 Å². The molecule has 1 aliphatic heterocycles. The van der Waals surface area contributed by atoms with Crippen LogP contribution in [0, 0.1) is 0 Å². The Kier molecular flexibility index (Phi) is 4.29. The van der Waals surface area contributed by atoms with E-state index in [1.165, 1.54) is 6.33 Å². The average molecular weight is 293 g/mol. The molecule has 7 heteroatoms. The third-order valence-corrected chi connectivity index (χ3v) is 3.78. The van der Waals surface area contributed by atoms with Gasteiger partial charge in [-0.3, -0.25) is 9.59 Å². The molecule has 0 aliphatic carbocycles. The molecule has 0 radical (unpaired) electrons. The van der Waals surface area contributed by atoms with Crippen molar-refractivity contribution in [3.05, 3.63) is 12.2 Å². The van der Waals surface area contributed by atoms with Crippen molar-refractivity contribution in [2.24, 2.45) is 0 Å². The lowest BCUT2D eigenvalue weighted by atomic mass is 9.95. The van der Waals surface area contributed by atoms with Gasteiger partial charge in [-0.1, -0.05) is 13.3 Å². The first kappa shape index (κ1) is 15.5. The second kappa shape index (κ2) is 5.83. The van der Waals surface area contributed by atoms with Gasteiger partial charge in [0.25, 0.3) is 0 Å². The molecule has 0 saturated carbocycles. The number of piperazine rings is 1. The molecule has 7 nitrogen and oxygen atoms in total. The Morgan fingerprint density at radius 3 is 2.67 bits per heavy atom. The average Bonchev–Trinajstić information content (AvgIpc) is 2.87. The number of aromatic nitrogens is 3. The van der Waals surface area contributed by atoms with Gasteiger partial charge in [-0.2, -0.15) is 5.10 Å². The molecular formula is C14H23N5O2. The largest absolute Gasteiger partial charge is 0.340 e. The van der Waals surface area contributed by atoms with E-state index >= 15 is 0 Å². The van der Waals surface area contributed by atoms with Crippen LogP contribution in [0.1, 0.15) is 46.4 Å². The van der Waals surface area contributed by atoms with Crippen LogP contribution in [-0.2, 0) is 22.7 Å². The van der Waals surface area contributed by atoms with E-state index in [0.717, 1.165) is 6.42 Å². The Bertz CT molecular complexity index is 537. The minimum Gasteiger partial charge on any atom is -0.340 e. The molecule has 2 heterocycles. The van der Waals surface area contributed by atoms with E-state index in [0.29, 0.717) is 25.3 Å². The molecule has 1 atom stereocenters. The molecule has 0 aromatic carbocycles. The fraction of sp³-hybridized carbons (Fsp3) is 0.714. The van der Waals surface area contributed by atoms with E-state index in [1.54, 1.807) is 23.4 Å². The van der Waals surface area contributed by atoms with Crippen LogP contribution in [-0.4, -0.2) is 43.1 Å². The standard InChI is InChI=1S/C14H23N5O2/c1-5-7-10-12(20)17-14(3,4)13(21)18(10)8-11-15-9-16-19(11)6-2/h9-10H,5-8H2,1-4H3,(H,17,20). The lowest BCUT2D eigenvalue weighted by molar-refractivity contribution is -0.154. The highest BCUT2D eigenvalue weighted by Gasteiger charge is 2.45. The molecular weight excluding hydrogens is 270 g/mol. The molecule has 116 valence electrons. The van der Waals surface area contributed by atoms with Gasteiger partial charge in [0.05, 0.1) is 6.54 Å². The molecule has 1 aromatic heterocycles. The van der Waals surface area contributed by atoms with E-state index in [-0.39, 0.29) is 11.8 Å². The summed E-state index contributed by atoms with van der Waals surface area (Å²) >= 11 is 0. The summed E-state index contributed by atoms with van der Waals surface area (Å²) in [7, 11) is 0. The quantitative estimate of drug-likeness (QED) is 0.867. The number of aryl methyl sites for hydroxylation is 1. The number of hydrogen-bond donors (Lipinski definition) is 1. The molecule has 1 fully saturated rings. The topological polar surface area (TPSA) is 80.1 Å². The predicted molar refractivity (Wildman–Crippen MR) is 77.2 cm³/mol. The molecule has 0 spiro atoms. The van der Waals surface area contributed by atoms with Gasteiger partial charge >= 0.3 is 0 Å². The fourth-order valence-electron chi connectivity index (χ4n) is 2.66. The zero-order chi connectivity index (χ0) is 15.6. The van der Waals surface area contributed by atoms with E-state index in [4.69, 9.17) is 0 Å². The molecule has 2 amide bonds. The second-order valence-electron chi connectivity index (χ2n) is 5.84. The summed E-state index contributed by atoms with van der Waals surface area (Å²) in [6.45, 7) is 8.43. The van der Waals surface area contributed by atoms with Gasteiger partial charge in [-0.25, -0.2) is 9.67 Å². The Labute approximate surface area is 124 Å². The highest BCUT2D eigenvalue weighted by atomic mass is 16.2. The lowest BCUT2D eigenvalue weighted by Gasteiger charge is -2.42. The van der Waals surface area contributed by atoms with Crippen LogP contribution in [0.3, 0.4) is 0 Å². The molecule has 1 unspecified atom stereocenters. The summed E-state index contributed by atoms with van der Waals surface area (Å²) in [5.41, 5.74) is -0.877. The number of amides is 2. The number of carbonyl (C=O) groups excluding carboxylic acids is 2. The van der Waals surface area contributed by atoms with Crippen molar-refractivity contribution in [1.29, 1.82) is 0 Å². The van der Waals surface area contributed by atoms with Crippen molar-refractivity contribution < 1.29 is 9.59 Å². The van der Waals surface area contributed by atoms with E-state index < -0.39 is 11.6 Å². The van der Waals surface area contributed by atoms with Gasteiger partial charge < -0.3 is 10.2 Å². The van der Waals surface area contributed by atoms with Crippen molar-refractivity contribution in [3.8, 4) is 0 Å². The smallest absolute Gasteiger partial charge is 0.248 e. The predicted octanol–water partition coefficient (Wildman–Crippen LogP) is 0.704. The third-order valence-electron chi connectivity index (χ3n) is 3.78. The summed E-state index contributed by atoms with van der Waals surface area (Å²) in [6.07, 6.45) is 2.96. The van der Waals surface area contributed by atoms with Crippen LogP contribution in [0.4, 0.5) is 0 Å². The Morgan fingerprint density at radius 1 is 1.33 bits per heavy atom. The minimum absolute atomic E-state index is 0.0776. The maximum absolute atomic E-state index is 12.7. The van der Waals surface area contributed by atoms with Crippen LogP contribution in [0.25, 0.3) is 0 Å². The SMILES string of the molecule is CCCC1C(=O)NC(C)(C)C(=O)N1Cc1ncnn1CC. The first-order chi connectivity index (χ1) is 9.90. The number of nitrogens with zero attached hydrogens (tertiary/aromatic N) is 4. The van der Waals surface area contributed by atoms with Gasteiger partial charge in [-0.05, 0) is 27.2 Å². The normalized spacial score (nSPS) is 21.5. The monoisotopic (exact) mass is 293 g/mol. The second-order valence-corrected chi connectivity index (χ2v) is 5.84. The highest BCUT2D eigenvalue weighted by Crippen LogP contribution is 2.22. The van der Waals surface area contributed by atoms with Gasteiger partial charge in [0.1, 0.15) is 23.7 Å². The van der Waals surface area contributed by atoms with E-state index in [9.17, 15) is 9.59 Å². The van der Waals surface area contributed by atoms with E-state index in [1.807, 2.05) is 13.8 Å². The maximum Gasteiger partial charge on any atom is 0.248 e. The van der Waals surface area contributed by atoms with Crippen LogP contribution >= 0.6 is 0 Å². The summed E-state index contributed by atoms with van der Waals surface area (Å²) in [6, 6.07) is -0.433. The van der Waals surface area contributed by atoms with Crippen molar-refractivity contribution >= 4 is 11.8 Å². The molecule has 21 heavy (non-hydrogen) atoms.